The van der Waals surface area contributed by atoms with Gasteiger partial charge in [-0.05, 0) is 44.9 Å². The van der Waals surface area contributed by atoms with Crippen LogP contribution in [-0.2, 0) is 10.0 Å². The van der Waals surface area contributed by atoms with Crippen molar-refractivity contribution in [3.05, 3.63) is 0 Å². The van der Waals surface area contributed by atoms with Crippen LogP contribution in [-0.4, -0.2) is 51.8 Å². The van der Waals surface area contributed by atoms with Crippen molar-refractivity contribution in [3.8, 4) is 0 Å². The van der Waals surface area contributed by atoms with Gasteiger partial charge in [0.1, 0.15) is 0 Å². The topological polar surface area (TPSA) is 75.4 Å². The van der Waals surface area contributed by atoms with E-state index in [1.54, 1.807) is 0 Å². The van der Waals surface area contributed by atoms with Gasteiger partial charge in [0.2, 0.25) is 10.0 Å². The minimum atomic E-state index is -3.31. The van der Waals surface area contributed by atoms with E-state index in [1.807, 2.05) is 0 Å². The summed E-state index contributed by atoms with van der Waals surface area (Å²) in [5, 5.41) is 8.34. The molecule has 0 aromatic rings. The molecule has 1 fully saturated rings. The summed E-state index contributed by atoms with van der Waals surface area (Å²) in [5.74, 6) is 0.816. The monoisotopic (exact) mass is 249 g/mol. The molecule has 1 aliphatic heterocycles. The molecule has 96 valence electrons. The van der Waals surface area contributed by atoms with Gasteiger partial charge in [-0.1, -0.05) is 6.92 Å². The van der Waals surface area contributed by atoms with Gasteiger partial charge in [0, 0.05) is 6.54 Å². The van der Waals surface area contributed by atoms with Crippen molar-refractivity contribution in [2.45, 2.75) is 19.8 Å². The van der Waals surface area contributed by atoms with Gasteiger partial charge in [0.25, 0.3) is 0 Å². The number of piperidine rings is 1. The molecule has 0 radical (unpaired) electrons. The van der Waals surface area contributed by atoms with E-state index in [2.05, 4.69) is 17.1 Å². The molecule has 1 rings (SSSR count). The number of nitrogens with zero attached hydrogens (tertiary/aromatic N) is 1. The Morgan fingerprint density at radius 3 is 2.50 bits per heavy atom. The summed E-state index contributed by atoms with van der Waals surface area (Å²) in [6.45, 7) is 6.77. The fourth-order valence-corrected chi connectivity index (χ4v) is 2.53. The highest BCUT2D eigenvalue weighted by atomic mass is 32.2. The smallest absolute Gasteiger partial charge is 0.210 e. The van der Waals surface area contributed by atoms with Crippen LogP contribution in [0.25, 0.3) is 0 Å². The van der Waals surface area contributed by atoms with Gasteiger partial charge in [-0.3, -0.25) is 0 Å². The third-order valence-electron chi connectivity index (χ3n) is 3.08. The summed E-state index contributed by atoms with van der Waals surface area (Å²) in [4.78, 5) is 2.19. The first-order chi connectivity index (χ1) is 7.51. The number of rotatable bonds is 6. The zero-order chi connectivity index (χ0) is 12.0. The summed E-state index contributed by atoms with van der Waals surface area (Å²) in [7, 11) is -3.31. The number of sulfonamides is 1. The van der Waals surface area contributed by atoms with Crippen LogP contribution in [0.2, 0.25) is 0 Å². The molecule has 0 unspecified atom stereocenters. The van der Waals surface area contributed by atoms with Gasteiger partial charge in [0.05, 0.1) is 5.75 Å². The van der Waals surface area contributed by atoms with Crippen LogP contribution in [0.1, 0.15) is 19.8 Å². The first-order valence-corrected chi connectivity index (χ1v) is 7.66. The predicted molar refractivity (Wildman–Crippen MR) is 65.7 cm³/mol. The quantitative estimate of drug-likeness (QED) is 0.671. The predicted octanol–water partition coefficient (Wildman–Crippen LogP) is -0.404. The van der Waals surface area contributed by atoms with Crippen LogP contribution in [0.5, 0.6) is 0 Å². The van der Waals surface area contributed by atoms with Crippen LogP contribution in [0.3, 0.4) is 0 Å². The zero-order valence-electron chi connectivity index (χ0n) is 9.98. The lowest BCUT2D eigenvalue weighted by Gasteiger charge is -2.31. The Kier molecular flexibility index (Phi) is 5.68. The highest BCUT2D eigenvalue weighted by Crippen LogP contribution is 2.15. The number of nitrogens with one attached hydrogen (secondary N) is 1. The SMILES string of the molecule is CCNCC1CCN(CCS(N)(=O)=O)CC1. The fourth-order valence-electron chi connectivity index (χ4n) is 2.02. The molecule has 1 heterocycles. The number of hydrogen-bond donors (Lipinski definition) is 2. The number of primary sulfonamides is 1. The van der Waals surface area contributed by atoms with Crippen molar-refractivity contribution in [2.24, 2.45) is 11.1 Å². The normalized spacial score (nSPS) is 20.1. The molecule has 1 aliphatic rings. The molecule has 6 heteroatoms. The van der Waals surface area contributed by atoms with E-state index in [0.717, 1.165) is 44.9 Å². The Morgan fingerprint density at radius 2 is 2.00 bits per heavy atom. The molecule has 1 saturated heterocycles. The van der Waals surface area contributed by atoms with Crippen molar-refractivity contribution in [1.29, 1.82) is 0 Å². The summed E-state index contributed by atoms with van der Waals surface area (Å²) in [5.41, 5.74) is 0. The van der Waals surface area contributed by atoms with Gasteiger partial charge < -0.3 is 10.2 Å². The summed E-state index contributed by atoms with van der Waals surface area (Å²) < 4.78 is 21.6. The lowest BCUT2D eigenvalue weighted by atomic mass is 9.97. The minimum Gasteiger partial charge on any atom is -0.317 e. The van der Waals surface area contributed by atoms with E-state index in [1.165, 1.54) is 0 Å². The van der Waals surface area contributed by atoms with Crippen LogP contribution in [0.15, 0.2) is 0 Å². The lowest BCUT2D eigenvalue weighted by molar-refractivity contribution is 0.191. The van der Waals surface area contributed by atoms with Gasteiger partial charge >= 0.3 is 0 Å². The number of likely N-dealkylation sites (tertiary alicyclic amines) is 1. The molecular weight excluding hydrogens is 226 g/mol. The second-order valence-electron chi connectivity index (χ2n) is 4.46. The minimum absolute atomic E-state index is 0.0743. The third-order valence-corrected chi connectivity index (χ3v) is 3.83. The van der Waals surface area contributed by atoms with Crippen LogP contribution in [0.4, 0.5) is 0 Å². The van der Waals surface area contributed by atoms with Gasteiger partial charge in [0.15, 0.2) is 0 Å². The van der Waals surface area contributed by atoms with E-state index in [9.17, 15) is 8.42 Å². The van der Waals surface area contributed by atoms with Crippen molar-refractivity contribution in [3.63, 3.8) is 0 Å². The van der Waals surface area contributed by atoms with Crippen molar-refractivity contribution < 1.29 is 8.42 Å². The molecule has 5 nitrogen and oxygen atoms in total. The highest BCUT2D eigenvalue weighted by Gasteiger charge is 2.19. The number of nitrogens with two attached hydrogens (primary N) is 1. The van der Waals surface area contributed by atoms with Gasteiger partial charge in [-0.15, -0.1) is 0 Å². The van der Waals surface area contributed by atoms with E-state index in [0.29, 0.717) is 6.54 Å². The van der Waals surface area contributed by atoms with Crippen LogP contribution < -0.4 is 10.5 Å². The molecular formula is C10H23N3O2S. The average Bonchev–Trinajstić information content (AvgIpc) is 2.24. The average molecular weight is 249 g/mol. The Morgan fingerprint density at radius 1 is 1.38 bits per heavy atom. The maximum Gasteiger partial charge on any atom is 0.210 e. The Balaban J connectivity index is 2.17. The molecule has 0 saturated carbocycles. The molecule has 0 spiro atoms. The fraction of sp³-hybridized carbons (Fsp3) is 1.00. The molecule has 0 aromatic carbocycles. The first-order valence-electron chi connectivity index (χ1n) is 5.95. The standard InChI is InChI=1S/C10H23N3O2S/c1-2-12-9-10-3-5-13(6-4-10)7-8-16(11,14)15/h10,12H,2-9H2,1H3,(H2,11,14,15). The van der Waals surface area contributed by atoms with Crippen LogP contribution >= 0.6 is 0 Å². The van der Waals surface area contributed by atoms with E-state index >= 15 is 0 Å². The Labute approximate surface area is 98.4 Å². The lowest BCUT2D eigenvalue weighted by Crippen LogP contribution is -2.40. The second kappa shape index (κ2) is 6.54. The molecule has 0 atom stereocenters. The molecule has 0 amide bonds. The maximum absolute atomic E-state index is 10.8. The molecule has 16 heavy (non-hydrogen) atoms. The van der Waals surface area contributed by atoms with Crippen molar-refractivity contribution in [1.82, 2.24) is 10.2 Å². The second-order valence-corrected chi connectivity index (χ2v) is 6.19. The Bertz CT molecular complexity index is 284. The molecule has 0 aliphatic carbocycles. The third kappa shape index (κ3) is 5.79. The Hall–Kier alpha value is -0.170. The van der Waals surface area contributed by atoms with Crippen molar-refractivity contribution in [2.75, 3.05) is 38.5 Å². The summed E-state index contributed by atoms with van der Waals surface area (Å²) in [6, 6.07) is 0. The van der Waals surface area contributed by atoms with Gasteiger partial charge in [-0.2, -0.15) is 0 Å². The molecule has 0 bridgehead atoms. The van der Waals surface area contributed by atoms with Gasteiger partial charge in [-0.25, -0.2) is 13.6 Å². The van der Waals surface area contributed by atoms with Crippen LogP contribution in [0, 0.1) is 5.92 Å². The largest absolute Gasteiger partial charge is 0.317 e. The number of hydrogen-bond acceptors (Lipinski definition) is 4. The maximum atomic E-state index is 10.8. The van der Waals surface area contributed by atoms with E-state index in [-0.39, 0.29) is 5.75 Å². The summed E-state index contributed by atoms with van der Waals surface area (Å²) >= 11 is 0. The van der Waals surface area contributed by atoms with E-state index < -0.39 is 10.0 Å². The molecule has 3 N–H and O–H groups in total. The first kappa shape index (κ1) is 13.9. The van der Waals surface area contributed by atoms with E-state index in [4.69, 9.17) is 5.14 Å². The summed E-state index contributed by atoms with van der Waals surface area (Å²) in [6.07, 6.45) is 2.30. The van der Waals surface area contributed by atoms with Crippen molar-refractivity contribution >= 4 is 10.0 Å². The molecule has 0 aromatic heterocycles. The highest BCUT2D eigenvalue weighted by molar-refractivity contribution is 7.89. The zero-order valence-corrected chi connectivity index (χ0v) is 10.8.